The van der Waals surface area contributed by atoms with Gasteiger partial charge in [0.2, 0.25) is 5.91 Å². The summed E-state index contributed by atoms with van der Waals surface area (Å²) in [5.74, 6) is 0.843. The molecule has 2 unspecified atom stereocenters. The smallest absolute Gasteiger partial charge is 0.225 e. The predicted octanol–water partition coefficient (Wildman–Crippen LogP) is 3.56. The Morgan fingerprint density at radius 1 is 1.18 bits per heavy atom. The molecule has 120 valence electrons. The van der Waals surface area contributed by atoms with Crippen molar-refractivity contribution in [2.75, 3.05) is 13.1 Å². The summed E-state index contributed by atoms with van der Waals surface area (Å²) in [5.41, 5.74) is 7.43. The molecule has 2 aliphatic rings. The number of carbonyl (C=O) groups is 1. The molecule has 0 radical (unpaired) electrons. The molecule has 1 aromatic rings. The van der Waals surface area contributed by atoms with Crippen LogP contribution in [0.3, 0.4) is 0 Å². The van der Waals surface area contributed by atoms with Gasteiger partial charge in [-0.3, -0.25) is 4.79 Å². The first-order valence-electron chi connectivity index (χ1n) is 8.43. The van der Waals surface area contributed by atoms with Crippen LogP contribution in [0.25, 0.3) is 0 Å². The fourth-order valence-electron chi connectivity index (χ4n) is 3.93. The van der Waals surface area contributed by atoms with Crippen molar-refractivity contribution in [1.29, 1.82) is 0 Å². The van der Waals surface area contributed by atoms with Crippen molar-refractivity contribution in [3.8, 4) is 0 Å². The number of piperidine rings is 1. The number of nitrogens with two attached hydrogens (primary N) is 1. The first-order chi connectivity index (χ1) is 10.6. The van der Waals surface area contributed by atoms with Crippen molar-refractivity contribution >= 4 is 17.5 Å². The SMILES string of the molecule is NC1CC(c2cccc(Cl)c2)CN(C(=O)C2CCCCC2)C1. The van der Waals surface area contributed by atoms with Gasteiger partial charge in [-0.15, -0.1) is 0 Å². The van der Waals surface area contributed by atoms with Gasteiger partial charge in [0, 0.05) is 36.0 Å². The lowest BCUT2D eigenvalue weighted by atomic mass is 9.85. The molecule has 1 heterocycles. The maximum atomic E-state index is 12.8. The number of carbonyl (C=O) groups excluding carboxylic acids is 1. The number of rotatable bonds is 2. The number of hydrogen-bond donors (Lipinski definition) is 1. The van der Waals surface area contributed by atoms with Crippen molar-refractivity contribution in [2.45, 2.75) is 50.5 Å². The Morgan fingerprint density at radius 2 is 1.95 bits per heavy atom. The number of benzene rings is 1. The highest BCUT2D eigenvalue weighted by atomic mass is 35.5. The maximum absolute atomic E-state index is 12.8. The first-order valence-corrected chi connectivity index (χ1v) is 8.81. The zero-order chi connectivity index (χ0) is 15.5. The van der Waals surface area contributed by atoms with E-state index in [1.807, 2.05) is 23.1 Å². The molecule has 1 aliphatic carbocycles. The monoisotopic (exact) mass is 320 g/mol. The third kappa shape index (κ3) is 3.64. The molecule has 2 N–H and O–H groups in total. The van der Waals surface area contributed by atoms with Crippen molar-refractivity contribution < 1.29 is 4.79 Å². The predicted molar refractivity (Wildman–Crippen MR) is 89.9 cm³/mol. The molecule has 2 fully saturated rings. The summed E-state index contributed by atoms with van der Waals surface area (Å²) < 4.78 is 0. The van der Waals surface area contributed by atoms with Gasteiger partial charge in [0.05, 0.1) is 0 Å². The standard InChI is InChI=1S/C18H25ClN2O/c19-16-8-4-7-14(9-16)15-10-17(20)12-21(11-15)18(22)13-5-2-1-3-6-13/h4,7-9,13,15,17H,1-3,5-6,10-12,20H2. The lowest BCUT2D eigenvalue weighted by molar-refractivity contribution is -0.138. The Morgan fingerprint density at radius 3 is 2.68 bits per heavy atom. The zero-order valence-corrected chi connectivity index (χ0v) is 13.8. The second-order valence-corrected chi connectivity index (χ2v) is 7.26. The van der Waals surface area contributed by atoms with E-state index in [1.165, 1.54) is 24.8 Å². The third-order valence-electron chi connectivity index (χ3n) is 5.07. The second kappa shape index (κ2) is 7.01. The second-order valence-electron chi connectivity index (χ2n) is 6.83. The minimum atomic E-state index is 0.0604. The molecule has 4 heteroatoms. The molecule has 3 nitrogen and oxygen atoms in total. The van der Waals surface area contributed by atoms with Crippen molar-refractivity contribution in [2.24, 2.45) is 11.7 Å². The van der Waals surface area contributed by atoms with Gasteiger partial charge in [-0.05, 0) is 37.0 Å². The number of hydrogen-bond acceptors (Lipinski definition) is 2. The molecule has 3 rings (SSSR count). The molecule has 0 aromatic heterocycles. The fraction of sp³-hybridized carbons (Fsp3) is 0.611. The third-order valence-corrected chi connectivity index (χ3v) is 5.30. The van der Waals surface area contributed by atoms with Gasteiger partial charge in [0.1, 0.15) is 0 Å². The van der Waals surface area contributed by atoms with Crippen LogP contribution in [0.5, 0.6) is 0 Å². The van der Waals surface area contributed by atoms with E-state index in [9.17, 15) is 4.79 Å². The van der Waals surface area contributed by atoms with E-state index in [-0.39, 0.29) is 12.0 Å². The molecule has 0 bridgehead atoms. The summed E-state index contributed by atoms with van der Waals surface area (Å²) in [6.45, 7) is 1.48. The van der Waals surface area contributed by atoms with Crippen LogP contribution < -0.4 is 5.73 Å². The van der Waals surface area contributed by atoms with Crippen molar-refractivity contribution in [1.82, 2.24) is 4.90 Å². The summed E-state index contributed by atoms with van der Waals surface area (Å²) in [6, 6.07) is 8.03. The summed E-state index contributed by atoms with van der Waals surface area (Å²) in [5, 5.41) is 0.752. The highest BCUT2D eigenvalue weighted by Gasteiger charge is 2.33. The Hall–Kier alpha value is -1.06. The van der Waals surface area contributed by atoms with Crippen LogP contribution in [-0.4, -0.2) is 29.9 Å². The Labute approximate surface area is 137 Å². The minimum absolute atomic E-state index is 0.0604. The largest absolute Gasteiger partial charge is 0.340 e. The summed E-state index contributed by atoms with van der Waals surface area (Å²) in [7, 11) is 0. The highest BCUT2D eigenvalue weighted by Crippen LogP contribution is 2.31. The van der Waals surface area contributed by atoms with E-state index in [0.29, 0.717) is 18.4 Å². The molecule has 22 heavy (non-hydrogen) atoms. The normalized spacial score (nSPS) is 26.9. The zero-order valence-electron chi connectivity index (χ0n) is 13.0. The van der Waals surface area contributed by atoms with Crippen molar-refractivity contribution in [3.05, 3.63) is 34.9 Å². The van der Waals surface area contributed by atoms with Gasteiger partial charge in [-0.1, -0.05) is 43.0 Å². The van der Waals surface area contributed by atoms with Crippen LogP contribution in [0.4, 0.5) is 0 Å². The quantitative estimate of drug-likeness (QED) is 0.905. The number of nitrogens with zero attached hydrogens (tertiary/aromatic N) is 1. The molecule has 1 saturated carbocycles. The van der Waals surface area contributed by atoms with Crippen LogP contribution in [-0.2, 0) is 4.79 Å². The lowest BCUT2D eigenvalue weighted by Crippen LogP contribution is -2.50. The van der Waals surface area contributed by atoms with Gasteiger partial charge in [-0.2, -0.15) is 0 Å². The Bertz CT molecular complexity index is 528. The average molecular weight is 321 g/mol. The van der Waals surface area contributed by atoms with Gasteiger partial charge in [-0.25, -0.2) is 0 Å². The number of amides is 1. The average Bonchev–Trinajstić information content (AvgIpc) is 2.54. The lowest BCUT2D eigenvalue weighted by Gasteiger charge is -2.39. The van der Waals surface area contributed by atoms with Gasteiger partial charge in [0.25, 0.3) is 0 Å². The highest BCUT2D eigenvalue weighted by molar-refractivity contribution is 6.30. The van der Waals surface area contributed by atoms with Crippen LogP contribution in [0, 0.1) is 5.92 Å². The van der Waals surface area contributed by atoms with Crippen molar-refractivity contribution in [3.63, 3.8) is 0 Å². The summed E-state index contributed by atoms with van der Waals surface area (Å²) in [6.07, 6.45) is 6.67. The molecule has 2 atom stereocenters. The van der Waals surface area contributed by atoms with Gasteiger partial charge >= 0.3 is 0 Å². The molecule has 1 saturated heterocycles. The van der Waals surface area contributed by atoms with Gasteiger partial charge < -0.3 is 10.6 Å². The fourth-order valence-corrected chi connectivity index (χ4v) is 4.13. The van der Waals surface area contributed by atoms with E-state index in [0.717, 1.165) is 30.8 Å². The Balaban J connectivity index is 1.71. The first kappa shape index (κ1) is 15.8. The molecule has 0 spiro atoms. The van der Waals surface area contributed by atoms with E-state index in [1.54, 1.807) is 0 Å². The van der Waals surface area contributed by atoms with Crippen LogP contribution in [0.15, 0.2) is 24.3 Å². The van der Waals surface area contributed by atoms with E-state index in [2.05, 4.69) is 6.07 Å². The molecule has 1 aliphatic heterocycles. The molecule has 1 amide bonds. The number of likely N-dealkylation sites (tertiary alicyclic amines) is 1. The molecular weight excluding hydrogens is 296 g/mol. The van der Waals surface area contributed by atoms with Crippen LogP contribution in [0.1, 0.15) is 50.0 Å². The minimum Gasteiger partial charge on any atom is -0.340 e. The summed E-state index contributed by atoms with van der Waals surface area (Å²) in [4.78, 5) is 14.8. The van der Waals surface area contributed by atoms with E-state index < -0.39 is 0 Å². The van der Waals surface area contributed by atoms with E-state index in [4.69, 9.17) is 17.3 Å². The van der Waals surface area contributed by atoms with Crippen LogP contribution in [0.2, 0.25) is 5.02 Å². The topological polar surface area (TPSA) is 46.3 Å². The van der Waals surface area contributed by atoms with E-state index >= 15 is 0 Å². The maximum Gasteiger partial charge on any atom is 0.225 e. The molecule has 1 aromatic carbocycles. The number of halogens is 1. The Kier molecular flexibility index (Phi) is 5.04. The van der Waals surface area contributed by atoms with Crippen LogP contribution >= 0.6 is 11.6 Å². The summed E-state index contributed by atoms with van der Waals surface area (Å²) >= 11 is 6.11. The van der Waals surface area contributed by atoms with Gasteiger partial charge in [0.15, 0.2) is 0 Å². The molecular formula is C18H25ClN2O.